The van der Waals surface area contributed by atoms with E-state index in [9.17, 15) is 51.8 Å². The van der Waals surface area contributed by atoms with Crippen LogP contribution in [0.15, 0.2) is 77.3 Å². The van der Waals surface area contributed by atoms with Crippen molar-refractivity contribution in [2.24, 2.45) is 11.3 Å². The van der Waals surface area contributed by atoms with Gasteiger partial charge >= 0.3 is 6.18 Å². The summed E-state index contributed by atoms with van der Waals surface area (Å²) in [4.78, 5) is 114. The lowest BCUT2D eigenvalue weighted by Crippen LogP contribution is -2.55. The Morgan fingerprint density at radius 3 is 2.17 bits per heavy atom. The minimum absolute atomic E-state index is 0.0116. The maximum atomic E-state index is 16.2. The number of pyridine rings is 2. The standard InChI is InChI=1S/C58H69F4N11O8S/c1-33-29-72(30-34(2)69(33)7)47-24-45(59)41(22-46(47)68-54(79)42-28-65-51(77)23-43(42)58(60,61)62)38-12-13-49(63-26-38)70-16-18-71(19-17-70)52(78)15-14-50(76)64-27-39(74)20-44(57(4,5)6)56(81)73-31-40(75)21-48(73)55(80)66-25-36-8-10-37(11-9-36)53-35(3)67-32-82-53/h8-13,22-24,26,28,32-34,40,44,48,75H,14-21,25,27,29-31H2,1-7H3,(H,64,76)(H,65,77)(H,66,80)(H,68,79)/t33-,34+,40-,44-,48+/m1/s1. The smallest absolute Gasteiger partial charge is 0.391 e. The number of benzene rings is 2. The number of rotatable bonds is 17. The van der Waals surface area contributed by atoms with Gasteiger partial charge in [-0.1, -0.05) is 45.0 Å². The van der Waals surface area contributed by atoms with Crippen molar-refractivity contribution in [2.45, 2.75) is 104 Å². The van der Waals surface area contributed by atoms with Crippen LogP contribution in [0.1, 0.15) is 87.5 Å². The molecule has 6 heterocycles. The minimum atomic E-state index is -5.01. The molecule has 82 heavy (non-hydrogen) atoms. The van der Waals surface area contributed by atoms with Gasteiger partial charge in [0.1, 0.15) is 17.7 Å². The molecule has 3 saturated heterocycles. The largest absolute Gasteiger partial charge is 0.417 e. The van der Waals surface area contributed by atoms with E-state index in [4.69, 9.17) is 0 Å². The minimum Gasteiger partial charge on any atom is -0.391 e. The summed E-state index contributed by atoms with van der Waals surface area (Å²) in [5, 5.41) is 18.7. The van der Waals surface area contributed by atoms with Gasteiger partial charge in [-0.15, -0.1) is 11.3 Å². The molecule has 5 atom stereocenters. The van der Waals surface area contributed by atoms with E-state index in [1.807, 2.05) is 82.7 Å². The number of Topliss-reactive ketones (excluding diaryl/α,β-unsaturated/α-hetero) is 1. The molecule has 5 aromatic rings. The van der Waals surface area contributed by atoms with Crippen molar-refractivity contribution >= 4 is 63.8 Å². The van der Waals surface area contributed by atoms with E-state index < -0.39 is 81.6 Å². The first kappa shape index (κ1) is 60.5. The first-order valence-electron chi connectivity index (χ1n) is 27.2. The number of aliphatic hydroxyl groups excluding tert-OH is 1. The Morgan fingerprint density at radius 1 is 0.866 bits per heavy atom. The highest BCUT2D eigenvalue weighted by atomic mass is 32.1. The molecule has 3 aliphatic heterocycles. The Labute approximate surface area is 476 Å². The SMILES string of the molecule is Cc1ncsc1-c1ccc(CNC(=O)[C@@H]2C[C@@H](O)CN2C(=O)[C@@H](CC(=O)CNC(=O)CCC(=O)N2CCN(c3ccc(-c4cc(NC(=O)c5c[nH]c(=O)cc5C(F)(F)F)c(N5C[C@@H](C)N(C)[C@@H](C)C5)cc4F)cn3)CC2)C(C)(C)C)cc1. The number of H-pyrrole nitrogens is 1. The van der Waals surface area contributed by atoms with Gasteiger partial charge in [0.15, 0.2) is 5.78 Å². The maximum absolute atomic E-state index is 16.2. The van der Waals surface area contributed by atoms with Crippen LogP contribution in [-0.2, 0) is 36.7 Å². The summed E-state index contributed by atoms with van der Waals surface area (Å²) in [6.07, 6.45) is -4.30. The van der Waals surface area contributed by atoms with Crippen molar-refractivity contribution in [3.8, 4) is 21.6 Å². The fourth-order valence-corrected chi connectivity index (χ4v) is 11.5. The number of aromatic amines is 1. The molecule has 438 valence electrons. The summed E-state index contributed by atoms with van der Waals surface area (Å²) in [7, 11) is 1.96. The molecule has 0 aliphatic carbocycles. The van der Waals surface area contributed by atoms with Gasteiger partial charge in [0.2, 0.25) is 29.2 Å². The fraction of sp³-hybridized carbons (Fsp3) is 0.466. The lowest BCUT2D eigenvalue weighted by Gasteiger charge is -2.44. The zero-order valence-electron chi connectivity index (χ0n) is 46.9. The molecule has 0 radical (unpaired) electrons. The number of thiazole rings is 1. The number of hydrogen-bond acceptors (Lipinski definition) is 14. The van der Waals surface area contributed by atoms with Crippen LogP contribution >= 0.6 is 11.3 Å². The number of nitrogens with zero attached hydrogens (tertiary/aromatic N) is 7. The summed E-state index contributed by atoms with van der Waals surface area (Å²) in [6, 6.07) is 13.0. The van der Waals surface area contributed by atoms with Crippen LogP contribution < -0.4 is 31.3 Å². The second-order valence-corrected chi connectivity index (χ2v) is 23.3. The first-order chi connectivity index (χ1) is 38.7. The monoisotopic (exact) mass is 1160 g/mol. The number of carbonyl (C=O) groups is 6. The summed E-state index contributed by atoms with van der Waals surface area (Å²) in [5.41, 5.74) is 1.23. The highest BCUT2D eigenvalue weighted by molar-refractivity contribution is 7.13. The quantitative estimate of drug-likeness (QED) is 0.0649. The number of hydrogen-bond donors (Lipinski definition) is 5. The van der Waals surface area contributed by atoms with Crippen molar-refractivity contribution < 1.29 is 51.4 Å². The molecule has 8 rings (SSSR count). The Bertz CT molecular complexity index is 3220. The number of amides is 5. The zero-order valence-corrected chi connectivity index (χ0v) is 47.7. The predicted molar refractivity (Wildman–Crippen MR) is 302 cm³/mol. The molecule has 2 aromatic carbocycles. The van der Waals surface area contributed by atoms with E-state index in [1.165, 1.54) is 23.2 Å². The number of anilines is 3. The number of ketones is 1. The number of alkyl halides is 3. The van der Waals surface area contributed by atoms with Gasteiger partial charge in [0, 0.05) is 126 Å². The molecule has 0 spiro atoms. The summed E-state index contributed by atoms with van der Waals surface area (Å²) < 4.78 is 58.3. The Morgan fingerprint density at radius 2 is 1.55 bits per heavy atom. The molecular weight excluding hydrogens is 1090 g/mol. The number of likely N-dealkylation sites (tertiary alicyclic amines) is 1. The number of nitrogens with one attached hydrogen (secondary N) is 4. The van der Waals surface area contributed by atoms with Crippen molar-refractivity contribution in [2.75, 3.05) is 74.5 Å². The second kappa shape index (κ2) is 25.3. The van der Waals surface area contributed by atoms with Gasteiger partial charge < -0.3 is 45.6 Å². The molecule has 3 aliphatic rings. The van der Waals surface area contributed by atoms with Crippen molar-refractivity contribution in [3.63, 3.8) is 0 Å². The van der Waals surface area contributed by atoms with E-state index in [0.717, 1.165) is 21.7 Å². The van der Waals surface area contributed by atoms with E-state index in [2.05, 4.69) is 35.8 Å². The number of likely N-dealkylation sites (N-methyl/N-ethyl adjacent to an activating group) is 1. The number of aromatic nitrogens is 3. The number of aryl methyl sites for hydroxylation is 1. The second-order valence-electron chi connectivity index (χ2n) is 22.5. The molecule has 0 bridgehead atoms. The molecule has 3 fully saturated rings. The van der Waals surface area contributed by atoms with Crippen LogP contribution in [0.3, 0.4) is 0 Å². The highest BCUT2D eigenvalue weighted by Crippen LogP contribution is 2.39. The maximum Gasteiger partial charge on any atom is 0.417 e. The molecule has 5 amide bonds. The van der Waals surface area contributed by atoms with Crippen LogP contribution in [0.5, 0.6) is 0 Å². The Hall–Kier alpha value is -7.57. The normalized spacial score (nSPS) is 19.2. The van der Waals surface area contributed by atoms with Gasteiger partial charge in [-0.2, -0.15) is 13.2 Å². The fourth-order valence-electron chi connectivity index (χ4n) is 10.6. The van der Waals surface area contributed by atoms with Gasteiger partial charge in [-0.3, -0.25) is 38.5 Å². The van der Waals surface area contributed by atoms with Crippen LogP contribution in [0.25, 0.3) is 21.6 Å². The van der Waals surface area contributed by atoms with E-state index in [0.29, 0.717) is 62.9 Å². The molecule has 0 unspecified atom stereocenters. The average molecular weight is 1160 g/mol. The van der Waals surface area contributed by atoms with Crippen LogP contribution in [0.4, 0.5) is 34.8 Å². The molecule has 5 N–H and O–H groups in total. The molecule has 19 nitrogen and oxygen atoms in total. The summed E-state index contributed by atoms with van der Waals surface area (Å²) in [6.45, 7) is 13.3. The average Bonchev–Trinajstić information content (AvgIpc) is 4.10. The molecule has 0 saturated carbocycles. The van der Waals surface area contributed by atoms with E-state index in [1.54, 1.807) is 33.9 Å². The number of aliphatic hydroxyl groups is 1. The number of piperazine rings is 2. The van der Waals surface area contributed by atoms with Crippen LogP contribution in [-0.4, -0.2) is 154 Å². The highest BCUT2D eigenvalue weighted by Gasteiger charge is 2.45. The number of carbonyl (C=O) groups excluding carboxylic acids is 6. The van der Waals surface area contributed by atoms with E-state index in [-0.39, 0.29) is 80.2 Å². The predicted octanol–water partition coefficient (Wildman–Crippen LogP) is 6.25. The molecule has 24 heteroatoms. The van der Waals surface area contributed by atoms with Gasteiger partial charge in [-0.05, 0) is 68.6 Å². The summed E-state index contributed by atoms with van der Waals surface area (Å²) >= 11 is 1.54. The van der Waals surface area contributed by atoms with Crippen molar-refractivity contribution in [1.82, 2.24) is 40.3 Å². The van der Waals surface area contributed by atoms with E-state index >= 15 is 4.39 Å². The van der Waals surface area contributed by atoms with Gasteiger partial charge in [-0.25, -0.2) is 14.4 Å². The van der Waals surface area contributed by atoms with Crippen LogP contribution in [0.2, 0.25) is 0 Å². The Balaban J connectivity index is 0.819. The van der Waals surface area contributed by atoms with Gasteiger partial charge in [0.25, 0.3) is 5.91 Å². The third-order valence-corrected chi connectivity index (χ3v) is 16.6. The van der Waals surface area contributed by atoms with Crippen molar-refractivity contribution in [3.05, 3.63) is 111 Å². The Kier molecular flexibility index (Phi) is 18.7. The zero-order chi connectivity index (χ0) is 59.4. The first-order valence-corrected chi connectivity index (χ1v) is 28.1. The topological polar surface area (TPSA) is 234 Å². The number of halogens is 4. The third-order valence-electron chi connectivity index (χ3n) is 15.6. The van der Waals surface area contributed by atoms with Gasteiger partial charge in [0.05, 0.1) is 51.2 Å². The number of β-amino-alcohol motifs (C(OH)–C–C–N with tert-alkyl or cyclic N) is 1. The van der Waals surface area contributed by atoms with Crippen LogP contribution in [0, 0.1) is 24.1 Å². The third kappa shape index (κ3) is 14.4. The summed E-state index contributed by atoms with van der Waals surface area (Å²) in [5.74, 6) is -4.25. The molecular formula is C58H69F4N11O8S. The van der Waals surface area contributed by atoms with Crippen molar-refractivity contribution in [1.29, 1.82) is 0 Å². The lowest BCUT2D eigenvalue weighted by atomic mass is 9.76. The molecule has 3 aromatic heterocycles. The lowest BCUT2D eigenvalue weighted by molar-refractivity contribution is -0.146.